The third kappa shape index (κ3) is 5.02. The first-order valence-electron chi connectivity index (χ1n) is 6.72. The van der Waals surface area contributed by atoms with Gasteiger partial charge in [0.15, 0.2) is 0 Å². The molecule has 124 valence electrons. The summed E-state index contributed by atoms with van der Waals surface area (Å²) < 4.78 is 32.2. The molecule has 0 bridgehead atoms. The highest BCUT2D eigenvalue weighted by Crippen LogP contribution is 2.21. The molecule has 0 aliphatic carbocycles. The molecule has 0 aromatic carbocycles. The molecule has 7 nitrogen and oxygen atoms in total. The summed E-state index contributed by atoms with van der Waals surface area (Å²) in [6.45, 7) is 1.87. The monoisotopic (exact) mass is 355 g/mol. The third-order valence-corrected chi connectivity index (χ3v) is 5.86. The molecule has 1 amide bonds. The van der Waals surface area contributed by atoms with Crippen molar-refractivity contribution in [2.24, 2.45) is 0 Å². The number of nitrogens with one attached hydrogen (secondary N) is 2. The summed E-state index contributed by atoms with van der Waals surface area (Å²) in [6.07, 6.45) is 1.55. The minimum atomic E-state index is -3.60. The predicted molar refractivity (Wildman–Crippen MR) is 86.7 cm³/mol. The van der Waals surface area contributed by atoms with Crippen LogP contribution in [0.5, 0.6) is 5.88 Å². The van der Waals surface area contributed by atoms with Crippen molar-refractivity contribution in [1.29, 1.82) is 0 Å². The van der Waals surface area contributed by atoms with Crippen LogP contribution in [0.4, 0.5) is 0 Å². The number of thiophene rings is 1. The number of hydrogen-bond acceptors (Lipinski definition) is 6. The number of sulfonamides is 1. The van der Waals surface area contributed by atoms with E-state index < -0.39 is 10.0 Å². The lowest BCUT2D eigenvalue weighted by Gasteiger charge is -2.05. The maximum absolute atomic E-state index is 12.2. The van der Waals surface area contributed by atoms with Gasteiger partial charge >= 0.3 is 0 Å². The topological polar surface area (TPSA) is 97.4 Å². The Morgan fingerprint density at radius 2 is 2.04 bits per heavy atom. The van der Waals surface area contributed by atoms with Crippen LogP contribution in [0, 0.1) is 0 Å². The van der Waals surface area contributed by atoms with Crippen molar-refractivity contribution in [3.8, 4) is 5.88 Å². The fraction of sp³-hybridized carbons (Fsp3) is 0.286. The average Bonchev–Trinajstić information content (AvgIpc) is 3.01. The average molecular weight is 355 g/mol. The lowest BCUT2D eigenvalue weighted by Crippen LogP contribution is -2.22. The van der Waals surface area contributed by atoms with E-state index in [0.717, 1.165) is 21.8 Å². The van der Waals surface area contributed by atoms with Gasteiger partial charge < -0.3 is 10.1 Å². The second kappa shape index (κ2) is 7.53. The van der Waals surface area contributed by atoms with Crippen LogP contribution in [0.1, 0.15) is 17.4 Å². The van der Waals surface area contributed by atoms with E-state index >= 15 is 0 Å². The number of methoxy groups -OCH3 is 1. The van der Waals surface area contributed by atoms with E-state index in [2.05, 4.69) is 15.0 Å². The van der Waals surface area contributed by atoms with Crippen LogP contribution in [0.2, 0.25) is 0 Å². The van der Waals surface area contributed by atoms with Crippen LogP contribution in [0.15, 0.2) is 34.7 Å². The van der Waals surface area contributed by atoms with Gasteiger partial charge in [-0.3, -0.25) is 4.79 Å². The van der Waals surface area contributed by atoms with Crippen molar-refractivity contribution in [3.63, 3.8) is 0 Å². The summed E-state index contributed by atoms with van der Waals surface area (Å²) in [5, 5.41) is 2.63. The molecule has 0 aliphatic rings. The molecule has 0 spiro atoms. The number of amides is 1. The van der Waals surface area contributed by atoms with Gasteiger partial charge in [-0.2, -0.15) is 0 Å². The summed E-state index contributed by atoms with van der Waals surface area (Å²) in [6, 6.07) is 6.62. The van der Waals surface area contributed by atoms with Gasteiger partial charge in [-0.05, 0) is 17.7 Å². The van der Waals surface area contributed by atoms with E-state index in [0.29, 0.717) is 12.4 Å². The SMILES string of the molecule is COc1ccc(CNS(=O)(=O)c2ccc(CNC(C)=O)s2)cn1. The van der Waals surface area contributed by atoms with Crippen LogP contribution < -0.4 is 14.8 Å². The Balaban J connectivity index is 1.99. The number of ether oxygens (including phenoxy) is 1. The molecular formula is C14H17N3O4S2. The number of pyridine rings is 1. The quantitative estimate of drug-likeness (QED) is 0.779. The lowest BCUT2D eigenvalue weighted by molar-refractivity contribution is -0.119. The number of aromatic nitrogens is 1. The molecule has 0 saturated heterocycles. The molecule has 2 N–H and O–H groups in total. The first-order chi connectivity index (χ1) is 10.9. The van der Waals surface area contributed by atoms with Crippen LogP contribution in [-0.4, -0.2) is 26.4 Å². The Morgan fingerprint density at radius 3 is 2.65 bits per heavy atom. The van der Waals surface area contributed by atoms with E-state index in [4.69, 9.17) is 4.74 Å². The highest BCUT2D eigenvalue weighted by molar-refractivity contribution is 7.91. The smallest absolute Gasteiger partial charge is 0.250 e. The van der Waals surface area contributed by atoms with Gasteiger partial charge in [0, 0.05) is 30.6 Å². The highest BCUT2D eigenvalue weighted by atomic mass is 32.2. The standard InChI is InChI=1S/C14H17N3O4S2/c1-10(18)15-9-12-4-6-14(22-12)23(19,20)17-8-11-3-5-13(21-2)16-7-11/h3-7,17H,8-9H2,1-2H3,(H,15,18). The molecule has 2 aromatic rings. The second-order valence-corrected chi connectivity index (χ2v) is 7.83. The largest absolute Gasteiger partial charge is 0.481 e. The van der Waals surface area contributed by atoms with Crippen LogP contribution in [0.25, 0.3) is 0 Å². The Hall–Kier alpha value is -1.97. The van der Waals surface area contributed by atoms with Crippen LogP contribution in [0.3, 0.4) is 0 Å². The molecular weight excluding hydrogens is 338 g/mol. The maximum Gasteiger partial charge on any atom is 0.250 e. The molecule has 2 heterocycles. The number of rotatable bonds is 7. The molecule has 9 heteroatoms. The molecule has 0 atom stereocenters. The fourth-order valence-corrected chi connectivity index (χ4v) is 4.05. The zero-order valence-electron chi connectivity index (χ0n) is 12.7. The Morgan fingerprint density at radius 1 is 1.26 bits per heavy atom. The zero-order valence-corrected chi connectivity index (χ0v) is 14.3. The lowest BCUT2D eigenvalue weighted by atomic mass is 10.3. The maximum atomic E-state index is 12.2. The zero-order chi connectivity index (χ0) is 16.9. The van der Waals surface area contributed by atoms with Crippen molar-refractivity contribution in [2.45, 2.75) is 24.2 Å². The number of carbonyl (C=O) groups excluding carboxylic acids is 1. The molecule has 2 aromatic heterocycles. The minimum Gasteiger partial charge on any atom is -0.481 e. The van der Waals surface area contributed by atoms with Gasteiger partial charge in [0.05, 0.1) is 13.7 Å². The highest BCUT2D eigenvalue weighted by Gasteiger charge is 2.16. The van der Waals surface area contributed by atoms with Gasteiger partial charge in [0.2, 0.25) is 21.8 Å². The first kappa shape index (κ1) is 17.4. The summed E-state index contributed by atoms with van der Waals surface area (Å²) >= 11 is 1.12. The summed E-state index contributed by atoms with van der Waals surface area (Å²) in [4.78, 5) is 15.7. The van der Waals surface area contributed by atoms with Crippen LogP contribution >= 0.6 is 11.3 Å². The summed E-state index contributed by atoms with van der Waals surface area (Å²) in [5.41, 5.74) is 0.726. The molecule has 2 rings (SSSR count). The Kier molecular flexibility index (Phi) is 5.69. The molecule has 0 fully saturated rings. The van der Waals surface area contributed by atoms with E-state index in [-0.39, 0.29) is 16.7 Å². The predicted octanol–water partition coefficient (Wildman–Crippen LogP) is 1.27. The van der Waals surface area contributed by atoms with Crippen molar-refractivity contribution in [3.05, 3.63) is 40.9 Å². The summed E-state index contributed by atoms with van der Waals surface area (Å²) in [7, 11) is -2.08. The molecule has 23 heavy (non-hydrogen) atoms. The van der Waals surface area contributed by atoms with E-state index in [1.54, 1.807) is 24.4 Å². The molecule has 0 saturated carbocycles. The van der Waals surface area contributed by atoms with Crippen molar-refractivity contribution in [2.75, 3.05) is 7.11 Å². The molecule has 0 unspecified atom stereocenters. The second-order valence-electron chi connectivity index (χ2n) is 4.66. The molecule has 0 radical (unpaired) electrons. The van der Waals surface area contributed by atoms with Gasteiger partial charge in [-0.15, -0.1) is 11.3 Å². The molecule has 0 aliphatic heterocycles. The first-order valence-corrected chi connectivity index (χ1v) is 9.02. The van der Waals surface area contributed by atoms with Gasteiger partial charge in [0.25, 0.3) is 0 Å². The number of nitrogens with zero attached hydrogens (tertiary/aromatic N) is 1. The number of hydrogen-bond donors (Lipinski definition) is 2. The van der Waals surface area contributed by atoms with Gasteiger partial charge in [-0.1, -0.05) is 6.07 Å². The van der Waals surface area contributed by atoms with Gasteiger partial charge in [0.1, 0.15) is 4.21 Å². The third-order valence-electron chi connectivity index (χ3n) is 2.89. The van der Waals surface area contributed by atoms with Crippen LogP contribution in [-0.2, 0) is 27.9 Å². The van der Waals surface area contributed by atoms with Crippen molar-refractivity contribution >= 4 is 27.3 Å². The fourth-order valence-electron chi connectivity index (χ4n) is 1.69. The normalized spacial score (nSPS) is 11.2. The number of carbonyl (C=O) groups is 1. The minimum absolute atomic E-state index is 0.137. The van der Waals surface area contributed by atoms with Crippen molar-refractivity contribution in [1.82, 2.24) is 15.0 Å². The Bertz CT molecular complexity index is 770. The van der Waals surface area contributed by atoms with E-state index in [1.807, 2.05) is 0 Å². The van der Waals surface area contributed by atoms with E-state index in [9.17, 15) is 13.2 Å². The summed E-state index contributed by atoms with van der Waals surface area (Å²) in [5.74, 6) is 0.311. The van der Waals surface area contributed by atoms with E-state index in [1.165, 1.54) is 20.1 Å². The van der Waals surface area contributed by atoms with Gasteiger partial charge in [-0.25, -0.2) is 18.1 Å². The van der Waals surface area contributed by atoms with Crippen molar-refractivity contribution < 1.29 is 17.9 Å². The Labute approximate surface area is 138 Å².